The van der Waals surface area contributed by atoms with Crippen molar-refractivity contribution in [1.29, 1.82) is 5.26 Å². The Balaban J connectivity index is 1.92. The Morgan fingerprint density at radius 2 is 2.05 bits per heavy atom. The molecule has 1 N–H and O–H groups in total. The third kappa shape index (κ3) is 2.65. The van der Waals surface area contributed by atoms with E-state index in [2.05, 4.69) is 33.4 Å². The van der Waals surface area contributed by atoms with Crippen LogP contribution >= 0.6 is 15.9 Å². The molecule has 0 spiro atoms. The number of para-hydroxylation sites is 1. The zero-order valence-electron chi connectivity index (χ0n) is 11.5. The Morgan fingerprint density at radius 1 is 1.24 bits per heavy atom. The number of halogens is 1. The number of fused-ring (bicyclic) bond motifs is 1. The van der Waals surface area contributed by atoms with Gasteiger partial charge in [0.15, 0.2) is 0 Å². The van der Waals surface area contributed by atoms with Crippen LogP contribution in [0.1, 0.15) is 16.9 Å². The Bertz CT molecular complexity index is 846. The second kappa shape index (κ2) is 5.63. The number of nitrogens with zero attached hydrogens (tertiary/aromatic N) is 1. The molecule has 0 aliphatic rings. The first-order valence-corrected chi connectivity index (χ1v) is 7.39. The van der Waals surface area contributed by atoms with Crippen LogP contribution in [0.4, 0.5) is 5.69 Å². The van der Waals surface area contributed by atoms with Gasteiger partial charge >= 0.3 is 0 Å². The quantitative estimate of drug-likeness (QED) is 0.730. The minimum absolute atomic E-state index is 0.619. The lowest BCUT2D eigenvalue weighted by atomic mass is 10.1. The van der Waals surface area contributed by atoms with Gasteiger partial charge in [-0.15, -0.1) is 0 Å². The molecule has 4 heteroatoms. The number of anilines is 1. The second-order valence-corrected chi connectivity index (χ2v) is 5.70. The van der Waals surface area contributed by atoms with Crippen LogP contribution in [0, 0.1) is 18.3 Å². The number of nitrogens with one attached hydrogen (secondary N) is 1. The lowest BCUT2D eigenvalue weighted by Crippen LogP contribution is -2.02. The highest BCUT2D eigenvalue weighted by atomic mass is 79.9. The van der Waals surface area contributed by atoms with Crippen LogP contribution in [0.15, 0.2) is 51.4 Å². The monoisotopic (exact) mass is 340 g/mol. The molecular weight excluding hydrogens is 328 g/mol. The summed E-state index contributed by atoms with van der Waals surface area (Å²) in [5, 5.41) is 13.6. The molecule has 3 aromatic rings. The van der Waals surface area contributed by atoms with E-state index in [1.165, 1.54) is 0 Å². The predicted molar refractivity (Wildman–Crippen MR) is 87.1 cm³/mol. The third-order valence-electron chi connectivity index (χ3n) is 3.46. The highest BCUT2D eigenvalue weighted by Gasteiger charge is 2.11. The standard InChI is InChI=1S/C17H13BrN2O/c1-11-15(14-4-2-3-5-17(14)21-11)10-20-16-8-13(18)7-6-12(16)9-19/h2-8,20H,10H2,1H3. The van der Waals surface area contributed by atoms with Crippen LogP contribution in [-0.2, 0) is 6.54 Å². The molecule has 0 bridgehead atoms. The van der Waals surface area contributed by atoms with E-state index >= 15 is 0 Å². The van der Waals surface area contributed by atoms with Crippen LogP contribution in [0.5, 0.6) is 0 Å². The first-order valence-electron chi connectivity index (χ1n) is 6.59. The van der Waals surface area contributed by atoms with Gasteiger partial charge in [0, 0.05) is 22.0 Å². The van der Waals surface area contributed by atoms with Crippen molar-refractivity contribution in [2.75, 3.05) is 5.32 Å². The van der Waals surface area contributed by atoms with Gasteiger partial charge in [0.2, 0.25) is 0 Å². The molecule has 0 saturated carbocycles. The average Bonchev–Trinajstić information content (AvgIpc) is 2.81. The van der Waals surface area contributed by atoms with Crippen LogP contribution in [-0.4, -0.2) is 0 Å². The molecular formula is C17H13BrN2O. The first-order chi connectivity index (χ1) is 10.2. The van der Waals surface area contributed by atoms with E-state index in [9.17, 15) is 0 Å². The summed E-state index contributed by atoms with van der Waals surface area (Å²) in [7, 11) is 0. The minimum atomic E-state index is 0.619. The normalized spacial score (nSPS) is 10.5. The molecule has 104 valence electrons. The van der Waals surface area contributed by atoms with Crippen LogP contribution in [0.2, 0.25) is 0 Å². The summed E-state index contributed by atoms with van der Waals surface area (Å²) >= 11 is 3.43. The number of nitriles is 1. The maximum atomic E-state index is 9.17. The van der Waals surface area contributed by atoms with Crippen molar-refractivity contribution in [3.63, 3.8) is 0 Å². The maximum Gasteiger partial charge on any atom is 0.134 e. The summed E-state index contributed by atoms with van der Waals surface area (Å²) < 4.78 is 6.70. The number of hydrogen-bond donors (Lipinski definition) is 1. The fourth-order valence-corrected chi connectivity index (χ4v) is 2.75. The highest BCUT2D eigenvalue weighted by Crippen LogP contribution is 2.27. The summed E-state index contributed by atoms with van der Waals surface area (Å²) in [5.41, 5.74) is 3.45. The number of benzene rings is 2. The fourth-order valence-electron chi connectivity index (χ4n) is 2.38. The summed E-state index contributed by atoms with van der Waals surface area (Å²) in [4.78, 5) is 0. The Kier molecular flexibility index (Phi) is 3.68. The van der Waals surface area contributed by atoms with E-state index in [1.54, 1.807) is 6.07 Å². The van der Waals surface area contributed by atoms with Gasteiger partial charge in [0.05, 0.1) is 11.3 Å². The van der Waals surface area contributed by atoms with E-state index in [0.717, 1.165) is 32.5 Å². The molecule has 3 rings (SSSR count). The molecule has 0 fully saturated rings. The highest BCUT2D eigenvalue weighted by molar-refractivity contribution is 9.10. The molecule has 0 radical (unpaired) electrons. The van der Waals surface area contributed by atoms with Gasteiger partial charge in [-0.1, -0.05) is 34.1 Å². The second-order valence-electron chi connectivity index (χ2n) is 4.79. The van der Waals surface area contributed by atoms with E-state index in [-0.39, 0.29) is 0 Å². The molecule has 0 unspecified atom stereocenters. The summed E-state index contributed by atoms with van der Waals surface area (Å²) in [6, 6.07) is 15.8. The topological polar surface area (TPSA) is 49.0 Å². The smallest absolute Gasteiger partial charge is 0.134 e. The molecule has 0 aliphatic heterocycles. The van der Waals surface area contributed by atoms with Gasteiger partial charge in [-0.25, -0.2) is 0 Å². The SMILES string of the molecule is Cc1oc2ccccc2c1CNc1cc(Br)ccc1C#N. The van der Waals surface area contributed by atoms with Crippen molar-refractivity contribution in [1.82, 2.24) is 0 Å². The Labute approximate surface area is 131 Å². The van der Waals surface area contributed by atoms with Gasteiger partial charge in [0.25, 0.3) is 0 Å². The maximum absolute atomic E-state index is 9.17. The van der Waals surface area contributed by atoms with Crippen LogP contribution in [0.25, 0.3) is 11.0 Å². The molecule has 0 saturated heterocycles. The molecule has 1 heterocycles. The number of furan rings is 1. The Morgan fingerprint density at radius 3 is 2.86 bits per heavy atom. The van der Waals surface area contributed by atoms with Crippen molar-refractivity contribution in [2.45, 2.75) is 13.5 Å². The number of aryl methyl sites for hydroxylation is 1. The predicted octanol–water partition coefficient (Wildman–Crippen LogP) is 4.99. The van der Waals surface area contributed by atoms with Gasteiger partial charge in [-0.2, -0.15) is 5.26 Å². The third-order valence-corrected chi connectivity index (χ3v) is 3.95. The average molecular weight is 341 g/mol. The molecule has 1 aromatic heterocycles. The van der Waals surface area contributed by atoms with Gasteiger partial charge in [-0.05, 0) is 31.2 Å². The zero-order valence-corrected chi connectivity index (χ0v) is 13.1. The van der Waals surface area contributed by atoms with Crippen LogP contribution in [0.3, 0.4) is 0 Å². The van der Waals surface area contributed by atoms with Crippen molar-refractivity contribution >= 4 is 32.6 Å². The van der Waals surface area contributed by atoms with E-state index < -0.39 is 0 Å². The van der Waals surface area contributed by atoms with Crippen molar-refractivity contribution in [3.05, 3.63) is 63.8 Å². The van der Waals surface area contributed by atoms with Crippen molar-refractivity contribution in [2.24, 2.45) is 0 Å². The number of hydrogen-bond acceptors (Lipinski definition) is 3. The molecule has 0 atom stereocenters. The largest absolute Gasteiger partial charge is 0.461 e. The van der Waals surface area contributed by atoms with Crippen molar-refractivity contribution in [3.8, 4) is 6.07 Å². The molecule has 3 nitrogen and oxygen atoms in total. The van der Waals surface area contributed by atoms with E-state index in [1.807, 2.05) is 37.3 Å². The molecule has 2 aromatic carbocycles. The summed E-state index contributed by atoms with van der Waals surface area (Å²) in [6.07, 6.45) is 0. The Hall–Kier alpha value is -2.25. The number of rotatable bonds is 3. The van der Waals surface area contributed by atoms with E-state index in [0.29, 0.717) is 12.1 Å². The molecule has 0 aliphatic carbocycles. The summed E-state index contributed by atoms with van der Waals surface area (Å²) in [6.45, 7) is 2.58. The van der Waals surface area contributed by atoms with Gasteiger partial charge in [0.1, 0.15) is 17.4 Å². The van der Waals surface area contributed by atoms with Crippen molar-refractivity contribution < 1.29 is 4.42 Å². The summed E-state index contributed by atoms with van der Waals surface area (Å²) in [5.74, 6) is 0.900. The lowest BCUT2D eigenvalue weighted by Gasteiger charge is -2.08. The molecule has 0 amide bonds. The molecule has 21 heavy (non-hydrogen) atoms. The lowest BCUT2D eigenvalue weighted by molar-refractivity contribution is 0.573. The zero-order chi connectivity index (χ0) is 14.8. The fraction of sp³-hybridized carbons (Fsp3) is 0.118. The van der Waals surface area contributed by atoms with Gasteiger partial charge in [-0.3, -0.25) is 0 Å². The van der Waals surface area contributed by atoms with Crippen LogP contribution < -0.4 is 5.32 Å². The first kappa shape index (κ1) is 13.7. The van der Waals surface area contributed by atoms with E-state index in [4.69, 9.17) is 9.68 Å². The van der Waals surface area contributed by atoms with Gasteiger partial charge < -0.3 is 9.73 Å². The minimum Gasteiger partial charge on any atom is -0.461 e.